The minimum absolute atomic E-state index is 0.0615. The monoisotopic (exact) mass is 381 g/mol. The summed E-state index contributed by atoms with van der Waals surface area (Å²) in [6.07, 6.45) is 4.48. The van der Waals surface area contributed by atoms with Gasteiger partial charge in [0, 0.05) is 29.9 Å². The van der Waals surface area contributed by atoms with Gasteiger partial charge in [0.2, 0.25) is 0 Å². The molecule has 25 heavy (non-hydrogen) atoms. The fourth-order valence-corrected chi connectivity index (χ4v) is 3.88. The molecule has 1 N–H and O–H groups in total. The molecule has 0 radical (unpaired) electrons. The van der Waals surface area contributed by atoms with E-state index in [4.69, 9.17) is 16.3 Å². The van der Waals surface area contributed by atoms with Gasteiger partial charge in [-0.25, -0.2) is 18.4 Å². The van der Waals surface area contributed by atoms with E-state index in [1.807, 2.05) is 0 Å². The summed E-state index contributed by atoms with van der Waals surface area (Å²) in [6, 6.07) is 7.06. The molecule has 1 unspecified atom stereocenters. The lowest BCUT2D eigenvalue weighted by atomic mass is 9.96. The highest BCUT2D eigenvalue weighted by molar-refractivity contribution is 7.90. The lowest BCUT2D eigenvalue weighted by molar-refractivity contribution is 0.294. The fourth-order valence-electron chi connectivity index (χ4n) is 2.86. The van der Waals surface area contributed by atoms with Crippen LogP contribution < -0.4 is 10.1 Å². The molecule has 3 rings (SSSR count). The second-order valence-corrected chi connectivity index (χ2v) is 8.52. The molecular formula is C17H20ClN3O3S. The molecule has 1 fully saturated rings. The van der Waals surface area contributed by atoms with E-state index in [0.717, 1.165) is 19.4 Å². The van der Waals surface area contributed by atoms with Crippen molar-refractivity contribution >= 4 is 21.4 Å². The SMILES string of the molecule is CS(=O)(=O)c1cnc(COc2cccc(Cl)c2)nc1C1CCCNC1. The van der Waals surface area contributed by atoms with Gasteiger partial charge in [-0.15, -0.1) is 0 Å². The standard InChI is InChI=1S/C17H20ClN3O3S/c1-25(22,23)15-10-20-16(11-24-14-6-2-5-13(18)8-14)21-17(15)12-4-3-7-19-9-12/h2,5-6,8,10,12,19H,3-4,7,9,11H2,1H3. The smallest absolute Gasteiger partial charge is 0.178 e. The largest absolute Gasteiger partial charge is 0.486 e. The maximum atomic E-state index is 12.1. The van der Waals surface area contributed by atoms with Crippen LogP contribution >= 0.6 is 11.6 Å². The van der Waals surface area contributed by atoms with Crippen LogP contribution in [-0.2, 0) is 16.4 Å². The van der Waals surface area contributed by atoms with Crippen LogP contribution in [0.4, 0.5) is 0 Å². The average Bonchev–Trinajstić information content (AvgIpc) is 2.60. The van der Waals surface area contributed by atoms with E-state index in [9.17, 15) is 8.42 Å². The van der Waals surface area contributed by atoms with Gasteiger partial charge in [0.25, 0.3) is 0 Å². The second-order valence-electron chi connectivity index (χ2n) is 6.10. The minimum atomic E-state index is -3.38. The average molecular weight is 382 g/mol. The third kappa shape index (κ3) is 4.68. The topological polar surface area (TPSA) is 81.2 Å². The third-order valence-corrected chi connectivity index (χ3v) is 5.43. The highest BCUT2D eigenvalue weighted by Crippen LogP contribution is 2.27. The van der Waals surface area contributed by atoms with E-state index in [0.29, 0.717) is 28.8 Å². The first-order chi connectivity index (χ1) is 11.9. The Balaban J connectivity index is 1.85. The molecule has 134 valence electrons. The van der Waals surface area contributed by atoms with E-state index in [2.05, 4.69) is 15.3 Å². The Morgan fingerprint density at radius 3 is 2.92 bits per heavy atom. The molecule has 6 nitrogen and oxygen atoms in total. The summed E-state index contributed by atoms with van der Waals surface area (Å²) in [6.45, 7) is 1.81. The molecule has 0 amide bonds. The summed E-state index contributed by atoms with van der Waals surface area (Å²) in [5.74, 6) is 1.13. The maximum absolute atomic E-state index is 12.1. The van der Waals surface area contributed by atoms with Gasteiger partial charge in [-0.2, -0.15) is 0 Å². The van der Waals surface area contributed by atoms with Gasteiger partial charge < -0.3 is 10.1 Å². The summed E-state index contributed by atoms with van der Waals surface area (Å²) in [4.78, 5) is 8.88. The van der Waals surface area contributed by atoms with Crippen molar-refractivity contribution in [2.45, 2.75) is 30.3 Å². The van der Waals surface area contributed by atoms with Crippen molar-refractivity contribution in [3.8, 4) is 5.75 Å². The number of benzene rings is 1. The van der Waals surface area contributed by atoms with Gasteiger partial charge in [0.05, 0.1) is 5.69 Å². The van der Waals surface area contributed by atoms with E-state index in [-0.39, 0.29) is 17.4 Å². The van der Waals surface area contributed by atoms with Crippen LogP contribution in [-0.4, -0.2) is 37.7 Å². The molecule has 0 aliphatic carbocycles. The number of aromatic nitrogens is 2. The zero-order valence-corrected chi connectivity index (χ0v) is 15.5. The van der Waals surface area contributed by atoms with Gasteiger partial charge in [0.1, 0.15) is 17.3 Å². The Kier molecular flexibility index (Phi) is 5.56. The zero-order valence-electron chi connectivity index (χ0n) is 13.9. The van der Waals surface area contributed by atoms with Crippen molar-refractivity contribution in [2.75, 3.05) is 19.3 Å². The van der Waals surface area contributed by atoms with Crippen LogP contribution in [0, 0.1) is 0 Å². The van der Waals surface area contributed by atoms with Crippen LogP contribution in [0.5, 0.6) is 5.75 Å². The second kappa shape index (κ2) is 7.68. The molecule has 2 aromatic rings. The molecule has 1 aliphatic rings. The summed E-state index contributed by atoms with van der Waals surface area (Å²) in [5, 5.41) is 3.88. The predicted octanol–water partition coefficient (Wildman–Crippen LogP) is 2.58. The van der Waals surface area contributed by atoms with E-state index >= 15 is 0 Å². The first kappa shape index (κ1) is 18.1. The molecule has 2 heterocycles. The first-order valence-corrected chi connectivity index (χ1v) is 10.4. The highest BCUT2D eigenvalue weighted by atomic mass is 35.5. The van der Waals surface area contributed by atoms with Crippen LogP contribution in [0.15, 0.2) is 35.4 Å². The number of nitrogens with one attached hydrogen (secondary N) is 1. The number of hydrogen-bond acceptors (Lipinski definition) is 6. The molecule has 0 bridgehead atoms. The van der Waals surface area contributed by atoms with Crippen molar-refractivity contribution in [3.05, 3.63) is 47.0 Å². The lowest BCUT2D eigenvalue weighted by Crippen LogP contribution is -2.30. The van der Waals surface area contributed by atoms with Gasteiger partial charge in [-0.3, -0.25) is 0 Å². The Morgan fingerprint density at radius 2 is 2.24 bits per heavy atom. The Labute approximate surface area is 152 Å². The van der Waals surface area contributed by atoms with E-state index in [1.54, 1.807) is 24.3 Å². The molecule has 0 saturated carbocycles. The van der Waals surface area contributed by atoms with Crippen molar-refractivity contribution in [1.29, 1.82) is 0 Å². The van der Waals surface area contributed by atoms with Gasteiger partial charge >= 0.3 is 0 Å². The molecule has 1 aromatic heterocycles. The van der Waals surface area contributed by atoms with Crippen LogP contribution in [0.2, 0.25) is 5.02 Å². The van der Waals surface area contributed by atoms with Crippen LogP contribution in [0.1, 0.15) is 30.3 Å². The maximum Gasteiger partial charge on any atom is 0.178 e. The number of ether oxygens (including phenoxy) is 1. The first-order valence-electron chi connectivity index (χ1n) is 8.08. The van der Waals surface area contributed by atoms with E-state index < -0.39 is 9.84 Å². The Hall–Kier alpha value is -1.70. The number of nitrogens with zero attached hydrogens (tertiary/aromatic N) is 2. The zero-order chi connectivity index (χ0) is 17.9. The number of sulfone groups is 1. The van der Waals surface area contributed by atoms with Gasteiger partial charge in [-0.1, -0.05) is 17.7 Å². The Bertz CT molecular complexity index is 852. The van der Waals surface area contributed by atoms with Crippen molar-refractivity contribution in [1.82, 2.24) is 15.3 Å². The molecule has 0 spiro atoms. The van der Waals surface area contributed by atoms with Crippen LogP contribution in [0.25, 0.3) is 0 Å². The summed E-state index contributed by atoms with van der Waals surface area (Å²) < 4.78 is 29.8. The predicted molar refractivity (Wildman–Crippen MR) is 95.8 cm³/mol. The summed E-state index contributed by atoms with van der Waals surface area (Å²) in [5.41, 5.74) is 0.578. The number of halogens is 1. The third-order valence-electron chi connectivity index (χ3n) is 4.08. The highest BCUT2D eigenvalue weighted by Gasteiger charge is 2.25. The number of piperidine rings is 1. The normalized spacial score (nSPS) is 18.1. The molecule has 8 heteroatoms. The lowest BCUT2D eigenvalue weighted by Gasteiger charge is -2.24. The van der Waals surface area contributed by atoms with Crippen molar-refractivity contribution < 1.29 is 13.2 Å². The summed E-state index contributed by atoms with van der Waals surface area (Å²) in [7, 11) is -3.38. The quantitative estimate of drug-likeness (QED) is 0.857. The van der Waals surface area contributed by atoms with E-state index in [1.165, 1.54) is 12.5 Å². The van der Waals surface area contributed by atoms with Crippen molar-refractivity contribution in [2.24, 2.45) is 0 Å². The van der Waals surface area contributed by atoms with Crippen LogP contribution in [0.3, 0.4) is 0 Å². The fraction of sp³-hybridized carbons (Fsp3) is 0.412. The molecular weight excluding hydrogens is 362 g/mol. The van der Waals surface area contributed by atoms with Crippen molar-refractivity contribution in [3.63, 3.8) is 0 Å². The summed E-state index contributed by atoms with van der Waals surface area (Å²) >= 11 is 5.94. The molecule has 1 aromatic carbocycles. The minimum Gasteiger partial charge on any atom is -0.486 e. The number of rotatable bonds is 5. The molecule has 1 atom stereocenters. The molecule has 1 saturated heterocycles. The number of hydrogen-bond donors (Lipinski definition) is 1. The van der Waals surface area contributed by atoms with Gasteiger partial charge in [-0.05, 0) is 37.6 Å². The van der Waals surface area contributed by atoms with Gasteiger partial charge in [0.15, 0.2) is 15.7 Å². The molecule has 1 aliphatic heterocycles. The Morgan fingerprint density at radius 1 is 1.40 bits per heavy atom.